The number of para-hydroxylation sites is 3. The minimum Gasteiger partial charge on any atom is -0.310 e. The van der Waals surface area contributed by atoms with Gasteiger partial charge in [-0.3, -0.25) is 0 Å². The molecule has 0 saturated heterocycles. The van der Waals surface area contributed by atoms with Crippen LogP contribution in [0.5, 0.6) is 0 Å². The Morgan fingerprint density at radius 1 is 0.386 bits per heavy atom. The Morgan fingerprint density at radius 3 is 1.28 bits per heavy atom. The summed E-state index contributed by atoms with van der Waals surface area (Å²) in [7, 11) is 0. The topological polar surface area (TPSA) is 6.48 Å². The van der Waals surface area contributed by atoms with Gasteiger partial charge in [0.15, 0.2) is 0 Å². The summed E-state index contributed by atoms with van der Waals surface area (Å²) in [6.45, 7) is 4.79. The van der Waals surface area contributed by atoms with Gasteiger partial charge in [0.05, 0.1) is 0 Å². The number of rotatable bonds is 8. The number of hydrogen-bond acceptors (Lipinski definition) is 2. The fourth-order valence-electron chi connectivity index (χ4n) is 11.9. The second-order valence-corrected chi connectivity index (χ2v) is 18.1. The van der Waals surface area contributed by atoms with Gasteiger partial charge in [0.25, 0.3) is 0 Å². The van der Waals surface area contributed by atoms with Crippen LogP contribution >= 0.6 is 0 Å². The molecule has 0 heterocycles. The van der Waals surface area contributed by atoms with Gasteiger partial charge in [-0.2, -0.15) is 0 Å². The molecule has 0 radical (unpaired) electrons. The standard InChI is InChI=1S/C55H50N2/c1-54(2)52-33-48(56(44-17-6-3-7-18-44)45-19-8-4-9-20-45)24-26-50(52)51-27-25-49(34-53(51)54)57(46-21-10-5-11-22-46)47-23-13-15-42(32-47)41-14-12-16-43(31-41)55-35-38-28-39(36-55)30-40(29-38)37-55/h3-27,31-34,38-40H,28-30,35-37H2,1-2H3. The predicted octanol–water partition coefficient (Wildman–Crippen LogP) is 15.1. The lowest BCUT2D eigenvalue weighted by Crippen LogP contribution is -2.48. The fourth-order valence-corrected chi connectivity index (χ4v) is 11.9. The van der Waals surface area contributed by atoms with Crippen LogP contribution in [0.15, 0.2) is 176 Å². The smallest absolute Gasteiger partial charge is 0.0467 e. The van der Waals surface area contributed by atoms with Gasteiger partial charge in [-0.25, -0.2) is 0 Å². The summed E-state index contributed by atoms with van der Waals surface area (Å²) >= 11 is 0. The molecule has 280 valence electrons. The maximum absolute atomic E-state index is 2.55. The summed E-state index contributed by atoms with van der Waals surface area (Å²) in [4.78, 5) is 4.82. The Hall–Kier alpha value is -5.86. The quantitative estimate of drug-likeness (QED) is 0.153. The molecule has 0 N–H and O–H groups in total. The predicted molar refractivity (Wildman–Crippen MR) is 239 cm³/mol. The van der Waals surface area contributed by atoms with Gasteiger partial charge in [-0.15, -0.1) is 0 Å². The average Bonchev–Trinajstić information content (AvgIpc) is 3.47. The molecule has 0 amide bonds. The molecule has 4 saturated carbocycles. The lowest BCUT2D eigenvalue weighted by molar-refractivity contribution is -0.00516. The van der Waals surface area contributed by atoms with Crippen molar-refractivity contribution in [3.63, 3.8) is 0 Å². The monoisotopic (exact) mass is 738 g/mol. The highest BCUT2D eigenvalue weighted by molar-refractivity contribution is 5.88. The normalized spacial score (nSPS) is 22.2. The Morgan fingerprint density at radius 2 is 0.789 bits per heavy atom. The molecule has 0 atom stereocenters. The van der Waals surface area contributed by atoms with Crippen molar-refractivity contribution in [3.05, 3.63) is 193 Å². The van der Waals surface area contributed by atoms with Crippen LogP contribution in [-0.4, -0.2) is 0 Å². The van der Waals surface area contributed by atoms with E-state index < -0.39 is 0 Å². The first-order valence-electron chi connectivity index (χ1n) is 21.2. The van der Waals surface area contributed by atoms with Crippen molar-refractivity contribution < 1.29 is 0 Å². The molecular formula is C55H50N2. The van der Waals surface area contributed by atoms with Crippen molar-refractivity contribution in [3.8, 4) is 22.3 Å². The van der Waals surface area contributed by atoms with E-state index in [2.05, 4.69) is 200 Å². The molecule has 5 aliphatic carbocycles. The van der Waals surface area contributed by atoms with E-state index in [1.54, 1.807) is 5.56 Å². The van der Waals surface area contributed by atoms with Crippen LogP contribution in [0.4, 0.5) is 34.1 Å². The Labute approximate surface area is 338 Å². The first kappa shape index (κ1) is 34.4. The summed E-state index contributed by atoms with van der Waals surface area (Å²) in [6, 6.07) is 65.4. The van der Waals surface area contributed by atoms with Crippen molar-refractivity contribution in [1.82, 2.24) is 0 Å². The van der Waals surface area contributed by atoms with Gasteiger partial charge in [-0.05, 0) is 173 Å². The number of anilines is 6. The lowest BCUT2D eigenvalue weighted by atomic mass is 9.48. The maximum atomic E-state index is 2.55. The minimum atomic E-state index is -0.197. The summed E-state index contributed by atoms with van der Waals surface area (Å²) in [6.07, 6.45) is 8.60. The fraction of sp³-hybridized carbons (Fsp3) is 0.236. The van der Waals surface area contributed by atoms with Crippen molar-refractivity contribution in [2.45, 2.75) is 63.2 Å². The lowest BCUT2D eigenvalue weighted by Gasteiger charge is -2.57. The molecule has 5 aliphatic rings. The Bertz CT molecular complexity index is 2510. The van der Waals surface area contributed by atoms with E-state index in [0.717, 1.165) is 34.8 Å². The molecule has 0 unspecified atom stereocenters. The molecular weight excluding hydrogens is 689 g/mol. The summed E-state index contributed by atoms with van der Waals surface area (Å²) < 4.78 is 0. The van der Waals surface area contributed by atoms with Crippen LogP contribution in [0.3, 0.4) is 0 Å². The molecule has 57 heavy (non-hydrogen) atoms. The van der Waals surface area contributed by atoms with Gasteiger partial charge in [0, 0.05) is 39.5 Å². The zero-order valence-electron chi connectivity index (χ0n) is 33.1. The van der Waals surface area contributed by atoms with E-state index in [4.69, 9.17) is 0 Å². The summed E-state index contributed by atoms with van der Waals surface area (Å²) in [5.41, 5.74) is 16.7. The van der Waals surface area contributed by atoms with Crippen molar-refractivity contribution >= 4 is 34.1 Å². The van der Waals surface area contributed by atoms with Gasteiger partial charge < -0.3 is 9.80 Å². The highest BCUT2D eigenvalue weighted by Gasteiger charge is 2.51. The molecule has 7 aromatic rings. The second-order valence-electron chi connectivity index (χ2n) is 18.1. The zero-order valence-corrected chi connectivity index (χ0v) is 33.1. The van der Waals surface area contributed by atoms with E-state index in [1.165, 1.54) is 89.0 Å². The zero-order chi connectivity index (χ0) is 38.1. The highest BCUT2D eigenvalue weighted by Crippen LogP contribution is 2.61. The molecule has 7 aromatic carbocycles. The van der Waals surface area contributed by atoms with Crippen LogP contribution < -0.4 is 9.80 Å². The SMILES string of the molecule is CC1(C)c2cc(N(c3ccccc3)c3ccccc3)ccc2-c2ccc(N(c3ccccc3)c3cccc(-c4cccc(C56CC7CC(CC(C7)C5)C6)c4)c3)cc21. The number of hydrogen-bond donors (Lipinski definition) is 0. The van der Waals surface area contributed by atoms with Crippen LogP contribution in [0.2, 0.25) is 0 Å². The van der Waals surface area contributed by atoms with E-state index in [1.807, 2.05) is 0 Å². The maximum Gasteiger partial charge on any atom is 0.0467 e. The largest absolute Gasteiger partial charge is 0.310 e. The van der Waals surface area contributed by atoms with Crippen LogP contribution in [-0.2, 0) is 10.8 Å². The molecule has 2 nitrogen and oxygen atoms in total. The molecule has 4 bridgehead atoms. The third-order valence-electron chi connectivity index (χ3n) is 14.2. The number of benzene rings is 7. The average molecular weight is 739 g/mol. The van der Waals surface area contributed by atoms with Gasteiger partial charge in [-0.1, -0.05) is 117 Å². The van der Waals surface area contributed by atoms with E-state index >= 15 is 0 Å². The van der Waals surface area contributed by atoms with Crippen molar-refractivity contribution in [2.24, 2.45) is 17.8 Å². The Balaban J connectivity index is 0.966. The van der Waals surface area contributed by atoms with Gasteiger partial charge >= 0.3 is 0 Å². The van der Waals surface area contributed by atoms with Crippen molar-refractivity contribution in [2.75, 3.05) is 9.80 Å². The highest BCUT2D eigenvalue weighted by atomic mass is 15.1. The molecule has 2 heteroatoms. The summed E-state index contributed by atoms with van der Waals surface area (Å²) in [5, 5.41) is 0. The summed E-state index contributed by atoms with van der Waals surface area (Å²) in [5.74, 6) is 2.81. The number of fused-ring (bicyclic) bond motifs is 3. The molecule has 4 fully saturated rings. The van der Waals surface area contributed by atoms with E-state index in [0.29, 0.717) is 5.41 Å². The van der Waals surface area contributed by atoms with Crippen molar-refractivity contribution in [1.29, 1.82) is 0 Å². The molecule has 0 aromatic heterocycles. The first-order chi connectivity index (χ1) is 27.9. The van der Waals surface area contributed by atoms with Crippen LogP contribution in [0.1, 0.15) is 69.1 Å². The third kappa shape index (κ3) is 5.83. The first-order valence-corrected chi connectivity index (χ1v) is 21.2. The van der Waals surface area contributed by atoms with E-state index in [-0.39, 0.29) is 5.41 Å². The van der Waals surface area contributed by atoms with Gasteiger partial charge in [0.2, 0.25) is 0 Å². The van der Waals surface area contributed by atoms with E-state index in [9.17, 15) is 0 Å². The second kappa shape index (κ2) is 13.4. The molecule has 0 spiro atoms. The third-order valence-corrected chi connectivity index (χ3v) is 14.2. The number of nitrogens with zero attached hydrogens (tertiary/aromatic N) is 2. The molecule has 12 rings (SSSR count). The van der Waals surface area contributed by atoms with Gasteiger partial charge in [0.1, 0.15) is 0 Å². The van der Waals surface area contributed by atoms with Crippen LogP contribution in [0, 0.1) is 17.8 Å². The van der Waals surface area contributed by atoms with Crippen LogP contribution in [0.25, 0.3) is 22.3 Å². The Kier molecular flexibility index (Phi) is 8.07. The molecule has 0 aliphatic heterocycles. The minimum absolute atomic E-state index is 0.197.